The minimum Gasteiger partial charge on any atom is -0.443 e. The lowest BCUT2D eigenvalue weighted by Gasteiger charge is -2.32. The van der Waals surface area contributed by atoms with Crippen LogP contribution in [0.15, 0.2) is 29.1 Å². The highest BCUT2D eigenvalue weighted by Gasteiger charge is 2.52. The summed E-state index contributed by atoms with van der Waals surface area (Å²) in [6.45, 7) is 7.66. The van der Waals surface area contributed by atoms with Gasteiger partial charge in [-0.25, -0.2) is 9.37 Å². The van der Waals surface area contributed by atoms with Crippen LogP contribution in [0.3, 0.4) is 0 Å². The molecule has 1 aromatic carbocycles. The second kappa shape index (κ2) is 5.08. The van der Waals surface area contributed by atoms with Crippen molar-refractivity contribution in [1.82, 2.24) is 4.98 Å². The third-order valence-corrected chi connectivity index (χ3v) is 4.62. The highest BCUT2D eigenvalue weighted by atomic mass is 35.5. The number of hydrogen-bond donors (Lipinski definition) is 0. The van der Waals surface area contributed by atoms with Crippen LogP contribution in [0.1, 0.15) is 27.7 Å². The van der Waals surface area contributed by atoms with Crippen LogP contribution in [0.5, 0.6) is 0 Å². The average Bonchev–Trinajstić information content (AvgIpc) is 2.97. The van der Waals surface area contributed by atoms with Crippen LogP contribution in [0.2, 0.25) is 5.02 Å². The summed E-state index contributed by atoms with van der Waals surface area (Å²) in [7, 11) is -0.802. The largest absolute Gasteiger partial charge is 0.497 e. The average molecular weight is 324 g/mol. The molecule has 1 aliphatic heterocycles. The van der Waals surface area contributed by atoms with Crippen molar-refractivity contribution >= 4 is 24.2 Å². The van der Waals surface area contributed by atoms with E-state index in [1.54, 1.807) is 12.1 Å². The number of halogens is 2. The Kier molecular flexibility index (Phi) is 3.59. The Morgan fingerprint density at radius 1 is 1.14 bits per heavy atom. The van der Waals surface area contributed by atoms with E-state index in [0.717, 1.165) is 0 Å². The van der Waals surface area contributed by atoms with Gasteiger partial charge in [-0.1, -0.05) is 17.7 Å². The number of nitrogens with zero attached hydrogens (tertiary/aromatic N) is 1. The van der Waals surface area contributed by atoms with Gasteiger partial charge < -0.3 is 13.7 Å². The van der Waals surface area contributed by atoms with Crippen LogP contribution in [-0.4, -0.2) is 23.3 Å². The summed E-state index contributed by atoms with van der Waals surface area (Å²) >= 11 is 6.10. The van der Waals surface area contributed by atoms with Crippen molar-refractivity contribution in [3.8, 4) is 11.3 Å². The molecule has 3 rings (SSSR count). The Labute approximate surface area is 133 Å². The van der Waals surface area contributed by atoms with Gasteiger partial charge in [0.05, 0.1) is 28.0 Å². The van der Waals surface area contributed by atoms with Gasteiger partial charge >= 0.3 is 7.12 Å². The standard InChI is InChI=1S/C15H16BClFNO3/c1-14(2)15(3,4)22-16(21-14)9-5-6-10(17)12(13(9)18)11-7-19-8-20-11/h5-8H,1-4H3. The zero-order valence-corrected chi connectivity index (χ0v) is 13.6. The van der Waals surface area contributed by atoms with Gasteiger partial charge in [-0.05, 0) is 33.8 Å². The number of benzene rings is 1. The zero-order valence-electron chi connectivity index (χ0n) is 12.8. The smallest absolute Gasteiger partial charge is 0.443 e. The topological polar surface area (TPSA) is 44.5 Å². The predicted molar refractivity (Wildman–Crippen MR) is 82.6 cm³/mol. The quantitative estimate of drug-likeness (QED) is 0.794. The Morgan fingerprint density at radius 3 is 2.32 bits per heavy atom. The van der Waals surface area contributed by atoms with Gasteiger partial charge in [-0.2, -0.15) is 0 Å². The van der Waals surface area contributed by atoms with Gasteiger partial charge in [0.25, 0.3) is 0 Å². The fourth-order valence-electron chi connectivity index (χ4n) is 2.29. The summed E-state index contributed by atoms with van der Waals surface area (Å²) in [5.41, 5.74) is -0.646. The molecule has 0 unspecified atom stereocenters. The predicted octanol–water partition coefficient (Wildman–Crippen LogP) is 3.43. The molecule has 0 radical (unpaired) electrons. The first-order chi connectivity index (χ1) is 10.2. The third-order valence-electron chi connectivity index (χ3n) is 4.31. The SMILES string of the molecule is CC1(C)OB(c2ccc(Cl)c(-c3cnco3)c2F)OC1(C)C. The van der Waals surface area contributed by atoms with Crippen LogP contribution in [0, 0.1) is 5.82 Å². The molecule has 22 heavy (non-hydrogen) atoms. The Hall–Kier alpha value is -1.37. The zero-order chi connectivity index (χ0) is 16.1. The second-order valence-corrected chi connectivity index (χ2v) is 6.69. The monoisotopic (exact) mass is 323 g/mol. The number of oxazole rings is 1. The molecule has 0 N–H and O–H groups in total. The first kappa shape index (κ1) is 15.5. The summed E-state index contributed by atoms with van der Waals surface area (Å²) in [6.07, 6.45) is 2.64. The molecular weight excluding hydrogens is 307 g/mol. The molecule has 0 spiro atoms. The van der Waals surface area contributed by atoms with Crippen molar-refractivity contribution in [2.75, 3.05) is 0 Å². The molecule has 116 valence electrons. The van der Waals surface area contributed by atoms with Crippen LogP contribution in [0.4, 0.5) is 4.39 Å². The third kappa shape index (κ3) is 2.35. The maximum Gasteiger partial charge on any atom is 0.497 e. The van der Waals surface area contributed by atoms with E-state index in [4.69, 9.17) is 25.3 Å². The van der Waals surface area contributed by atoms with Crippen LogP contribution < -0.4 is 5.46 Å². The maximum atomic E-state index is 14.9. The molecule has 0 saturated carbocycles. The summed E-state index contributed by atoms with van der Waals surface area (Å²) in [4.78, 5) is 3.80. The summed E-state index contributed by atoms with van der Waals surface area (Å²) in [5.74, 6) is -0.261. The molecule has 1 aromatic heterocycles. The number of aromatic nitrogens is 1. The van der Waals surface area contributed by atoms with E-state index in [0.29, 0.717) is 0 Å². The summed E-state index contributed by atoms with van der Waals surface area (Å²) in [5, 5.41) is 0.245. The fraction of sp³-hybridized carbons (Fsp3) is 0.400. The molecule has 0 aliphatic carbocycles. The van der Waals surface area contributed by atoms with Crippen molar-refractivity contribution < 1.29 is 18.1 Å². The molecule has 2 heterocycles. The summed E-state index contributed by atoms with van der Waals surface area (Å²) < 4.78 is 31.9. The molecule has 1 aliphatic rings. The minimum atomic E-state index is -0.802. The first-order valence-corrected chi connectivity index (χ1v) is 7.33. The molecule has 1 fully saturated rings. The second-order valence-electron chi connectivity index (χ2n) is 6.28. The van der Waals surface area contributed by atoms with Crippen molar-refractivity contribution in [3.05, 3.63) is 35.6 Å². The van der Waals surface area contributed by atoms with Crippen molar-refractivity contribution in [2.45, 2.75) is 38.9 Å². The summed E-state index contributed by atoms with van der Waals surface area (Å²) in [6, 6.07) is 3.17. The van der Waals surface area contributed by atoms with E-state index in [-0.39, 0.29) is 21.8 Å². The van der Waals surface area contributed by atoms with Crippen LogP contribution in [0.25, 0.3) is 11.3 Å². The fourth-order valence-corrected chi connectivity index (χ4v) is 2.52. The molecule has 0 amide bonds. The maximum absolute atomic E-state index is 14.9. The molecular formula is C15H16BClFNO3. The Bertz CT molecular complexity index is 687. The van der Waals surface area contributed by atoms with E-state index in [1.807, 2.05) is 27.7 Å². The van der Waals surface area contributed by atoms with Gasteiger partial charge in [-0.3, -0.25) is 0 Å². The molecule has 0 bridgehead atoms. The van der Waals surface area contributed by atoms with E-state index < -0.39 is 24.1 Å². The molecule has 7 heteroatoms. The van der Waals surface area contributed by atoms with Crippen molar-refractivity contribution in [3.63, 3.8) is 0 Å². The number of hydrogen-bond acceptors (Lipinski definition) is 4. The lowest BCUT2D eigenvalue weighted by atomic mass is 9.77. The minimum absolute atomic E-state index is 0.159. The Morgan fingerprint density at radius 2 is 1.77 bits per heavy atom. The van der Waals surface area contributed by atoms with Gasteiger partial charge in [-0.15, -0.1) is 0 Å². The van der Waals surface area contributed by atoms with Gasteiger partial charge in [0.2, 0.25) is 0 Å². The van der Waals surface area contributed by atoms with E-state index in [1.165, 1.54) is 12.6 Å². The lowest BCUT2D eigenvalue weighted by molar-refractivity contribution is 0.00578. The van der Waals surface area contributed by atoms with Gasteiger partial charge in [0, 0.05) is 5.46 Å². The number of rotatable bonds is 2. The highest BCUT2D eigenvalue weighted by molar-refractivity contribution is 6.62. The normalized spacial score (nSPS) is 19.6. The molecule has 4 nitrogen and oxygen atoms in total. The Balaban J connectivity index is 2.06. The lowest BCUT2D eigenvalue weighted by Crippen LogP contribution is -2.41. The van der Waals surface area contributed by atoms with E-state index >= 15 is 0 Å². The molecule has 0 atom stereocenters. The first-order valence-electron chi connectivity index (χ1n) is 6.95. The molecule has 2 aromatic rings. The van der Waals surface area contributed by atoms with Crippen molar-refractivity contribution in [2.24, 2.45) is 0 Å². The van der Waals surface area contributed by atoms with E-state index in [9.17, 15) is 4.39 Å². The van der Waals surface area contributed by atoms with Gasteiger partial charge in [0.15, 0.2) is 12.2 Å². The van der Waals surface area contributed by atoms with Crippen LogP contribution >= 0.6 is 11.6 Å². The van der Waals surface area contributed by atoms with E-state index in [2.05, 4.69) is 4.98 Å². The highest BCUT2D eigenvalue weighted by Crippen LogP contribution is 2.37. The van der Waals surface area contributed by atoms with Crippen LogP contribution in [-0.2, 0) is 9.31 Å². The molecule has 1 saturated heterocycles. The van der Waals surface area contributed by atoms with Crippen molar-refractivity contribution in [1.29, 1.82) is 0 Å². The van der Waals surface area contributed by atoms with Gasteiger partial charge in [0.1, 0.15) is 5.82 Å².